The second kappa shape index (κ2) is 9.14. The Morgan fingerprint density at radius 1 is 1.35 bits per heavy atom. The van der Waals surface area contributed by atoms with Gasteiger partial charge in [-0.05, 0) is 18.8 Å². The van der Waals surface area contributed by atoms with E-state index in [1.165, 1.54) is 4.68 Å². The average molecular weight is 363 g/mol. The molecule has 2 fully saturated rings. The second-order valence-corrected chi connectivity index (χ2v) is 7.14. The Morgan fingerprint density at radius 3 is 2.92 bits per heavy atom. The number of hydrogen-bond acceptors (Lipinski definition) is 6. The maximum atomic E-state index is 12.3. The zero-order chi connectivity index (χ0) is 18.4. The Kier molecular flexibility index (Phi) is 6.62. The molecule has 3 heterocycles. The largest absolute Gasteiger partial charge is 0.379 e. The predicted octanol–water partition coefficient (Wildman–Crippen LogP) is -0.165. The van der Waals surface area contributed by atoms with Gasteiger partial charge in [0, 0.05) is 58.8 Å². The van der Waals surface area contributed by atoms with Gasteiger partial charge in [-0.3, -0.25) is 14.5 Å². The Hall–Kier alpha value is -1.93. The van der Waals surface area contributed by atoms with Gasteiger partial charge in [0.05, 0.1) is 25.1 Å². The van der Waals surface area contributed by atoms with Crippen LogP contribution in [0.2, 0.25) is 0 Å². The molecule has 1 aromatic rings. The maximum absolute atomic E-state index is 12.3. The third-order valence-corrected chi connectivity index (χ3v) is 5.17. The zero-order valence-corrected chi connectivity index (χ0v) is 15.5. The minimum atomic E-state index is -0.106. The van der Waals surface area contributed by atoms with Crippen molar-refractivity contribution in [3.8, 4) is 0 Å². The summed E-state index contributed by atoms with van der Waals surface area (Å²) in [5.74, 6) is 0.434. The summed E-state index contributed by atoms with van der Waals surface area (Å²) in [5, 5.41) is 7.14. The van der Waals surface area contributed by atoms with Gasteiger partial charge in [-0.25, -0.2) is 4.68 Å². The maximum Gasteiger partial charge on any atom is 0.268 e. The Labute approximate surface area is 154 Å². The molecule has 26 heavy (non-hydrogen) atoms. The lowest BCUT2D eigenvalue weighted by Gasteiger charge is -2.34. The van der Waals surface area contributed by atoms with Crippen molar-refractivity contribution in [1.82, 2.24) is 20.0 Å². The molecule has 0 radical (unpaired) electrons. The summed E-state index contributed by atoms with van der Waals surface area (Å²) in [6, 6.07) is 1.62. The number of ether oxygens (including phenoxy) is 1. The van der Waals surface area contributed by atoms with E-state index in [4.69, 9.17) is 4.74 Å². The number of aryl methyl sites for hydroxylation is 1. The van der Waals surface area contributed by atoms with Crippen molar-refractivity contribution in [3.05, 3.63) is 22.6 Å². The number of rotatable bonds is 6. The fourth-order valence-electron chi connectivity index (χ4n) is 3.61. The molecule has 0 saturated carbocycles. The first-order valence-corrected chi connectivity index (χ1v) is 9.47. The van der Waals surface area contributed by atoms with E-state index >= 15 is 0 Å². The number of carbonyl (C=O) groups is 1. The van der Waals surface area contributed by atoms with E-state index in [9.17, 15) is 9.59 Å². The fourth-order valence-corrected chi connectivity index (χ4v) is 3.61. The highest BCUT2D eigenvalue weighted by atomic mass is 16.5. The van der Waals surface area contributed by atoms with Crippen LogP contribution in [0.3, 0.4) is 0 Å². The van der Waals surface area contributed by atoms with E-state index in [-0.39, 0.29) is 11.5 Å². The molecule has 0 aliphatic carbocycles. The molecule has 1 amide bonds. The molecule has 0 aromatic carbocycles. The van der Waals surface area contributed by atoms with Gasteiger partial charge in [-0.1, -0.05) is 0 Å². The van der Waals surface area contributed by atoms with Crippen molar-refractivity contribution >= 4 is 11.6 Å². The van der Waals surface area contributed by atoms with Crippen molar-refractivity contribution in [2.75, 3.05) is 57.4 Å². The SMILES string of the molecule is Cn1ncc(N2CCCC(CC(=O)NCCN3CCOCC3)C2)cc1=O. The zero-order valence-electron chi connectivity index (χ0n) is 15.5. The number of morpholine rings is 1. The minimum absolute atomic E-state index is 0.106. The van der Waals surface area contributed by atoms with E-state index in [2.05, 4.69) is 20.2 Å². The van der Waals surface area contributed by atoms with Gasteiger partial charge < -0.3 is 15.0 Å². The number of nitrogens with one attached hydrogen (secondary N) is 1. The molecule has 0 spiro atoms. The number of carbonyl (C=O) groups excluding carboxylic acids is 1. The second-order valence-electron chi connectivity index (χ2n) is 7.14. The Bertz CT molecular complexity index is 656. The molecule has 8 nitrogen and oxygen atoms in total. The van der Waals surface area contributed by atoms with Gasteiger partial charge in [-0.15, -0.1) is 0 Å². The van der Waals surface area contributed by atoms with Gasteiger partial charge in [0.2, 0.25) is 5.91 Å². The molecule has 144 valence electrons. The number of hydrogen-bond donors (Lipinski definition) is 1. The van der Waals surface area contributed by atoms with E-state index in [0.29, 0.717) is 18.9 Å². The predicted molar refractivity (Wildman–Crippen MR) is 99.3 cm³/mol. The van der Waals surface area contributed by atoms with Crippen molar-refractivity contribution in [2.24, 2.45) is 13.0 Å². The number of amides is 1. The Balaban J connectivity index is 1.43. The third-order valence-electron chi connectivity index (χ3n) is 5.17. The number of nitrogens with zero attached hydrogens (tertiary/aromatic N) is 4. The highest BCUT2D eigenvalue weighted by molar-refractivity contribution is 5.76. The van der Waals surface area contributed by atoms with Crippen molar-refractivity contribution in [1.29, 1.82) is 0 Å². The lowest BCUT2D eigenvalue weighted by atomic mass is 9.94. The van der Waals surface area contributed by atoms with Crippen LogP contribution in [0.1, 0.15) is 19.3 Å². The van der Waals surface area contributed by atoms with E-state index in [0.717, 1.165) is 64.5 Å². The van der Waals surface area contributed by atoms with Gasteiger partial charge in [0.25, 0.3) is 5.56 Å². The van der Waals surface area contributed by atoms with Gasteiger partial charge in [-0.2, -0.15) is 5.10 Å². The smallest absolute Gasteiger partial charge is 0.268 e. The molecule has 1 unspecified atom stereocenters. The highest BCUT2D eigenvalue weighted by Gasteiger charge is 2.23. The first-order valence-electron chi connectivity index (χ1n) is 9.47. The molecule has 2 saturated heterocycles. The number of anilines is 1. The molecule has 1 N–H and O–H groups in total. The number of aromatic nitrogens is 2. The van der Waals surface area contributed by atoms with Crippen LogP contribution in [-0.2, 0) is 16.6 Å². The van der Waals surface area contributed by atoms with Gasteiger partial charge >= 0.3 is 0 Å². The van der Waals surface area contributed by atoms with Crippen molar-refractivity contribution in [3.63, 3.8) is 0 Å². The average Bonchev–Trinajstić information content (AvgIpc) is 2.65. The first-order chi connectivity index (χ1) is 12.6. The van der Waals surface area contributed by atoms with E-state index in [1.807, 2.05) is 0 Å². The monoisotopic (exact) mass is 363 g/mol. The van der Waals surface area contributed by atoms with E-state index in [1.54, 1.807) is 19.3 Å². The summed E-state index contributed by atoms with van der Waals surface area (Å²) in [7, 11) is 1.65. The molecule has 0 bridgehead atoms. The minimum Gasteiger partial charge on any atom is -0.379 e. The summed E-state index contributed by atoms with van der Waals surface area (Å²) >= 11 is 0. The van der Waals surface area contributed by atoms with E-state index < -0.39 is 0 Å². The molecule has 8 heteroatoms. The lowest BCUT2D eigenvalue weighted by molar-refractivity contribution is -0.122. The van der Waals surface area contributed by atoms with Crippen LogP contribution in [0.5, 0.6) is 0 Å². The quantitative estimate of drug-likeness (QED) is 0.756. The van der Waals surface area contributed by atoms with Crippen LogP contribution < -0.4 is 15.8 Å². The summed E-state index contributed by atoms with van der Waals surface area (Å²) in [4.78, 5) is 28.5. The van der Waals surface area contributed by atoms with Crippen LogP contribution in [-0.4, -0.2) is 73.1 Å². The van der Waals surface area contributed by atoms with Gasteiger partial charge in [0.15, 0.2) is 0 Å². The van der Waals surface area contributed by atoms with Crippen LogP contribution in [0.15, 0.2) is 17.1 Å². The summed E-state index contributed by atoms with van der Waals surface area (Å²) < 4.78 is 6.66. The normalized spacial score (nSPS) is 21.6. The summed E-state index contributed by atoms with van der Waals surface area (Å²) in [6.07, 6.45) is 4.34. The van der Waals surface area contributed by atoms with Crippen LogP contribution in [0.4, 0.5) is 5.69 Å². The van der Waals surface area contributed by atoms with Crippen molar-refractivity contribution < 1.29 is 9.53 Å². The Morgan fingerprint density at radius 2 is 2.15 bits per heavy atom. The molecule has 3 rings (SSSR count). The molecule has 1 aromatic heterocycles. The standard InChI is InChI=1S/C18H29N5O3/c1-21-18(25)12-16(13-20-21)23-5-2-3-15(14-23)11-17(24)19-4-6-22-7-9-26-10-8-22/h12-13,15H,2-11,14H2,1H3,(H,19,24). The number of piperidine rings is 1. The molecular weight excluding hydrogens is 334 g/mol. The van der Waals surface area contributed by atoms with Crippen LogP contribution in [0, 0.1) is 5.92 Å². The highest BCUT2D eigenvalue weighted by Crippen LogP contribution is 2.23. The van der Waals surface area contributed by atoms with Crippen LogP contribution in [0.25, 0.3) is 0 Å². The fraction of sp³-hybridized carbons (Fsp3) is 0.722. The van der Waals surface area contributed by atoms with Crippen LogP contribution >= 0.6 is 0 Å². The third kappa shape index (κ3) is 5.28. The summed E-state index contributed by atoms with van der Waals surface area (Å²) in [5.41, 5.74) is 0.746. The molecule has 2 aliphatic rings. The van der Waals surface area contributed by atoms with Crippen molar-refractivity contribution in [2.45, 2.75) is 19.3 Å². The topological polar surface area (TPSA) is 79.7 Å². The molecule has 1 atom stereocenters. The molecule has 2 aliphatic heterocycles. The van der Waals surface area contributed by atoms with Gasteiger partial charge in [0.1, 0.15) is 0 Å². The molecular formula is C18H29N5O3. The lowest BCUT2D eigenvalue weighted by Crippen LogP contribution is -2.42. The first kappa shape index (κ1) is 18.8. The summed E-state index contributed by atoms with van der Waals surface area (Å²) in [6.45, 7) is 6.72.